The lowest BCUT2D eigenvalue weighted by molar-refractivity contribution is -0.140. The summed E-state index contributed by atoms with van der Waals surface area (Å²) in [4.78, 5) is 29.6. The van der Waals surface area contributed by atoms with E-state index < -0.39 is 28.5 Å². The number of sulfonamides is 1. The van der Waals surface area contributed by atoms with Crippen molar-refractivity contribution in [2.24, 2.45) is 0 Å². The molecule has 1 unspecified atom stereocenters. The summed E-state index contributed by atoms with van der Waals surface area (Å²) in [5, 5.41) is 2.95. The third-order valence-electron chi connectivity index (χ3n) is 7.33. The summed E-state index contributed by atoms with van der Waals surface area (Å²) in [6.45, 7) is 1.91. The topological polar surface area (TPSA) is 105 Å². The summed E-state index contributed by atoms with van der Waals surface area (Å²) in [7, 11) is -1.42. The highest BCUT2D eigenvalue weighted by molar-refractivity contribution is 9.10. The molecule has 0 aromatic heterocycles. The Morgan fingerprint density at radius 1 is 0.826 bits per heavy atom. The van der Waals surface area contributed by atoms with Crippen LogP contribution in [0.15, 0.2) is 112 Å². The second-order valence-electron chi connectivity index (χ2n) is 10.5. The van der Waals surface area contributed by atoms with Crippen molar-refractivity contribution in [2.75, 3.05) is 31.6 Å². The molecule has 0 aliphatic carbocycles. The van der Waals surface area contributed by atoms with Gasteiger partial charge in [0.1, 0.15) is 12.6 Å². The first-order valence-corrected chi connectivity index (χ1v) is 17.1. The van der Waals surface area contributed by atoms with Gasteiger partial charge in [-0.1, -0.05) is 83.5 Å². The van der Waals surface area contributed by atoms with Crippen molar-refractivity contribution in [2.45, 2.75) is 37.2 Å². The number of nitrogens with zero attached hydrogens (tertiary/aromatic N) is 2. The van der Waals surface area contributed by atoms with Gasteiger partial charge in [-0.25, -0.2) is 8.42 Å². The summed E-state index contributed by atoms with van der Waals surface area (Å²) < 4.78 is 41.1. The second kappa shape index (κ2) is 16.3. The Hall–Kier alpha value is -4.35. The van der Waals surface area contributed by atoms with E-state index in [1.165, 1.54) is 37.3 Å². The van der Waals surface area contributed by atoms with E-state index >= 15 is 0 Å². The zero-order chi connectivity index (χ0) is 33.1. The van der Waals surface area contributed by atoms with Crippen LogP contribution in [-0.2, 0) is 32.6 Å². The summed E-state index contributed by atoms with van der Waals surface area (Å²) in [6.07, 6.45) is 0.957. The van der Waals surface area contributed by atoms with Crippen molar-refractivity contribution in [1.29, 1.82) is 0 Å². The lowest BCUT2D eigenvalue weighted by atomic mass is 10.0. The summed E-state index contributed by atoms with van der Waals surface area (Å²) in [6, 6.07) is 28.7. The average molecular weight is 709 g/mol. The Balaban J connectivity index is 1.80. The van der Waals surface area contributed by atoms with Crippen molar-refractivity contribution in [1.82, 2.24) is 10.2 Å². The number of amides is 2. The number of carbonyl (C=O) groups excluding carboxylic acids is 2. The van der Waals surface area contributed by atoms with E-state index in [4.69, 9.17) is 9.47 Å². The maximum absolute atomic E-state index is 14.5. The zero-order valence-corrected chi connectivity index (χ0v) is 28.5. The first-order valence-electron chi connectivity index (χ1n) is 14.8. The van der Waals surface area contributed by atoms with Crippen molar-refractivity contribution in [3.05, 3.63) is 119 Å². The van der Waals surface area contributed by atoms with Crippen LogP contribution in [0, 0.1) is 0 Å². The maximum atomic E-state index is 14.5. The lowest BCUT2D eigenvalue weighted by Gasteiger charge is -2.34. The number of nitrogens with one attached hydrogen (secondary N) is 1. The van der Waals surface area contributed by atoms with Gasteiger partial charge in [0, 0.05) is 30.0 Å². The molecule has 0 saturated heterocycles. The van der Waals surface area contributed by atoms with Gasteiger partial charge in [-0.15, -0.1) is 0 Å². The van der Waals surface area contributed by atoms with Crippen LogP contribution in [0.5, 0.6) is 11.5 Å². The normalized spacial score (nSPS) is 11.7. The largest absolute Gasteiger partial charge is 0.493 e. The van der Waals surface area contributed by atoms with Crippen LogP contribution in [0.25, 0.3) is 0 Å². The Morgan fingerprint density at radius 2 is 1.48 bits per heavy atom. The zero-order valence-electron chi connectivity index (χ0n) is 26.1. The molecule has 0 radical (unpaired) electrons. The van der Waals surface area contributed by atoms with Crippen LogP contribution < -0.4 is 19.1 Å². The Labute approximate surface area is 279 Å². The molecule has 0 aliphatic rings. The van der Waals surface area contributed by atoms with E-state index in [-0.39, 0.29) is 29.5 Å². The molecule has 0 bridgehead atoms. The van der Waals surface area contributed by atoms with Crippen LogP contribution in [0.3, 0.4) is 0 Å². The maximum Gasteiger partial charge on any atom is 0.264 e. The number of para-hydroxylation sites is 1. The molecular formula is C35H38BrN3O6S. The van der Waals surface area contributed by atoms with Crippen LogP contribution in [0.2, 0.25) is 0 Å². The third-order valence-corrected chi connectivity index (χ3v) is 9.59. The van der Waals surface area contributed by atoms with E-state index in [1.54, 1.807) is 30.3 Å². The van der Waals surface area contributed by atoms with Gasteiger partial charge in [0.05, 0.1) is 24.8 Å². The number of benzene rings is 4. The highest BCUT2D eigenvalue weighted by Gasteiger charge is 2.35. The number of anilines is 1. The molecule has 1 atom stereocenters. The summed E-state index contributed by atoms with van der Waals surface area (Å²) in [5.41, 5.74) is 1.94. The molecule has 2 amide bonds. The van der Waals surface area contributed by atoms with Gasteiger partial charge in [0.25, 0.3) is 10.0 Å². The fourth-order valence-corrected chi connectivity index (χ4v) is 6.86. The molecule has 0 spiro atoms. The van der Waals surface area contributed by atoms with Crippen molar-refractivity contribution < 1.29 is 27.5 Å². The van der Waals surface area contributed by atoms with E-state index in [0.717, 1.165) is 19.9 Å². The summed E-state index contributed by atoms with van der Waals surface area (Å²) >= 11 is 3.50. The number of methoxy groups -OCH3 is 2. The standard InChI is InChI=1S/C35H38BrN3O6S/c1-4-20-37-35(41)31(22-26-12-7-5-8-13-26)38(24-27-14-11-15-28(36)21-27)34(40)25-39(29-16-9-6-10-17-29)46(42,43)30-18-19-32(44-2)33(23-30)45-3/h5-19,21,23,31H,4,20,22,24-25H2,1-3H3,(H,37,41). The van der Waals surface area contributed by atoms with Gasteiger partial charge in [0.2, 0.25) is 11.8 Å². The van der Waals surface area contributed by atoms with Crippen LogP contribution in [0.1, 0.15) is 24.5 Å². The molecular weight excluding hydrogens is 670 g/mol. The van der Waals surface area contributed by atoms with Gasteiger partial charge >= 0.3 is 0 Å². The van der Waals surface area contributed by atoms with Gasteiger partial charge < -0.3 is 19.7 Å². The second-order valence-corrected chi connectivity index (χ2v) is 13.3. The fourth-order valence-electron chi connectivity index (χ4n) is 4.98. The molecule has 0 saturated carbocycles. The number of rotatable bonds is 15. The number of hydrogen-bond donors (Lipinski definition) is 1. The Bertz CT molecular complexity index is 1720. The predicted molar refractivity (Wildman–Crippen MR) is 182 cm³/mol. The van der Waals surface area contributed by atoms with E-state index in [9.17, 15) is 18.0 Å². The molecule has 1 N–H and O–H groups in total. The van der Waals surface area contributed by atoms with Crippen LogP contribution >= 0.6 is 15.9 Å². The Kier molecular flexibility index (Phi) is 12.2. The number of halogens is 1. The van der Waals surface area contributed by atoms with Gasteiger partial charge in [0.15, 0.2) is 11.5 Å². The van der Waals surface area contributed by atoms with E-state index in [2.05, 4.69) is 21.2 Å². The van der Waals surface area contributed by atoms with Crippen molar-refractivity contribution >= 4 is 43.5 Å². The molecule has 46 heavy (non-hydrogen) atoms. The molecule has 4 aromatic carbocycles. The van der Waals surface area contributed by atoms with Gasteiger partial charge in [-0.2, -0.15) is 0 Å². The molecule has 0 aliphatic heterocycles. The smallest absolute Gasteiger partial charge is 0.264 e. The SMILES string of the molecule is CCCNC(=O)C(Cc1ccccc1)N(Cc1cccc(Br)c1)C(=O)CN(c1ccccc1)S(=O)(=O)c1ccc(OC)c(OC)c1. The molecule has 4 rings (SSSR count). The minimum absolute atomic E-state index is 0.0777. The minimum Gasteiger partial charge on any atom is -0.493 e. The van der Waals surface area contributed by atoms with Gasteiger partial charge in [-0.05, 0) is 53.9 Å². The number of carbonyl (C=O) groups is 2. The highest BCUT2D eigenvalue weighted by Crippen LogP contribution is 2.32. The first-order chi connectivity index (χ1) is 22.2. The predicted octanol–water partition coefficient (Wildman–Crippen LogP) is 5.83. The molecule has 0 fully saturated rings. The Morgan fingerprint density at radius 3 is 2.11 bits per heavy atom. The molecule has 9 nitrogen and oxygen atoms in total. The monoisotopic (exact) mass is 707 g/mol. The van der Waals surface area contributed by atoms with E-state index in [0.29, 0.717) is 24.4 Å². The summed E-state index contributed by atoms with van der Waals surface area (Å²) in [5.74, 6) is -0.260. The minimum atomic E-state index is -4.30. The molecule has 242 valence electrons. The highest BCUT2D eigenvalue weighted by atomic mass is 79.9. The average Bonchev–Trinajstić information content (AvgIpc) is 3.07. The number of hydrogen-bond acceptors (Lipinski definition) is 6. The molecule has 4 aromatic rings. The third kappa shape index (κ3) is 8.67. The van der Waals surface area contributed by atoms with Crippen molar-refractivity contribution in [3.63, 3.8) is 0 Å². The van der Waals surface area contributed by atoms with Crippen LogP contribution in [-0.4, -0.2) is 58.5 Å². The van der Waals surface area contributed by atoms with Crippen LogP contribution in [0.4, 0.5) is 5.69 Å². The number of ether oxygens (including phenoxy) is 2. The van der Waals surface area contributed by atoms with Crippen molar-refractivity contribution in [3.8, 4) is 11.5 Å². The van der Waals surface area contributed by atoms with Gasteiger partial charge in [-0.3, -0.25) is 13.9 Å². The molecule has 0 heterocycles. The first kappa shape index (κ1) is 34.5. The molecule has 11 heteroatoms. The fraction of sp³-hybridized carbons (Fsp3) is 0.257. The lowest BCUT2D eigenvalue weighted by Crippen LogP contribution is -2.53. The quantitative estimate of drug-likeness (QED) is 0.167. The van der Waals surface area contributed by atoms with E-state index in [1.807, 2.05) is 61.5 Å².